The maximum atomic E-state index is 11.8. The lowest BCUT2D eigenvalue weighted by atomic mass is 9.89. The summed E-state index contributed by atoms with van der Waals surface area (Å²) in [6.07, 6.45) is 0. The standard InChI is InChI=1S/C12H21NO4/c1-5-16-11(14)9-7(3)10(13-8(9)4)12(15)17-6-2/h7-10,13H,5-6H2,1-4H3/t7-,8+,9-,10+/m0/s1. The van der Waals surface area contributed by atoms with Gasteiger partial charge in [-0.25, -0.2) is 0 Å². The number of rotatable bonds is 4. The van der Waals surface area contributed by atoms with E-state index in [9.17, 15) is 9.59 Å². The topological polar surface area (TPSA) is 64.6 Å². The molecular weight excluding hydrogens is 222 g/mol. The third kappa shape index (κ3) is 2.97. The highest BCUT2D eigenvalue weighted by molar-refractivity contribution is 5.81. The third-order valence-corrected chi connectivity index (χ3v) is 3.17. The normalized spacial score (nSPS) is 32.2. The molecule has 1 saturated heterocycles. The Kier molecular flexibility index (Phi) is 4.93. The van der Waals surface area contributed by atoms with Crippen LogP contribution in [0.2, 0.25) is 0 Å². The van der Waals surface area contributed by atoms with Crippen molar-refractivity contribution in [3.8, 4) is 0 Å². The first-order valence-corrected chi connectivity index (χ1v) is 6.12. The minimum Gasteiger partial charge on any atom is -0.466 e. The van der Waals surface area contributed by atoms with Crippen molar-refractivity contribution in [2.24, 2.45) is 11.8 Å². The summed E-state index contributed by atoms with van der Waals surface area (Å²) in [5.74, 6) is -0.932. The molecule has 5 heteroatoms. The second-order valence-electron chi connectivity index (χ2n) is 4.32. The molecule has 98 valence electrons. The van der Waals surface area contributed by atoms with Gasteiger partial charge in [-0.2, -0.15) is 0 Å². The number of carbonyl (C=O) groups excluding carboxylic acids is 2. The molecule has 0 saturated carbocycles. The lowest BCUT2D eigenvalue weighted by Gasteiger charge is -2.18. The van der Waals surface area contributed by atoms with Crippen LogP contribution in [0.3, 0.4) is 0 Å². The minimum absolute atomic E-state index is 0.0709. The number of hydrogen-bond acceptors (Lipinski definition) is 5. The van der Waals surface area contributed by atoms with E-state index in [0.29, 0.717) is 13.2 Å². The fraction of sp³-hybridized carbons (Fsp3) is 0.833. The van der Waals surface area contributed by atoms with Crippen molar-refractivity contribution in [3.05, 3.63) is 0 Å². The second-order valence-corrected chi connectivity index (χ2v) is 4.32. The average molecular weight is 243 g/mol. The molecular formula is C12H21NO4. The van der Waals surface area contributed by atoms with Gasteiger partial charge in [-0.1, -0.05) is 6.92 Å². The summed E-state index contributed by atoms with van der Waals surface area (Å²) >= 11 is 0. The molecule has 0 spiro atoms. The Morgan fingerprint density at radius 1 is 1.06 bits per heavy atom. The van der Waals surface area contributed by atoms with E-state index in [0.717, 1.165) is 0 Å². The molecule has 0 unspecified atom stereocenters. The number of ether oxygens (including phenoxy) is 2. The molecule has 1 fully saturated rings. The van der Waals surface area contributed by atoms with Gasteiger partial charge in [0.1, 0.15) is 6.04 Å². The van der Waals surface area contributed by atoms with Crippen molar-refractivity contribution in [2.45, 2.75) is 39.8 Å². The monoisotopic (exact) mass is 243 g/mol. The Bertz CT molecular complexity index is 292. The quantitative estimate of drug-likeness (QED) is 0.737. The summed E-state index contributed by atoms with van der Waals surface area (Å²) in [4.78, 5) is 23.5. The van der Waals surface area contributed by atoms with Crippen LogP contribution in [0.5, 0.6) is 0 Å². The fourth-order valence-corrected chi connectivity index (χ4v) is 2.37. The number of hydrogen-bond donors (Lipinski definition) is 1. The zero-order valence-electron chi connectivity index (χ0n) is 10.9. The molecule has 1 aliphatic rings. The van der Waals surface area contributed by atoms with Gasteiger partial charge in [0.25, 0.3) is 0 Å². The third-order valence-electron chi connectivity index (χ3n) is 3.17. The van der Waals surface area contributed by atoms with Gasteiger partial charge in [0.15, 0.2) is 0 Å². The van der Waals surface area contributed by atoms with Gasteiger partial charge in [0.05, 0.1) is 19.1 Å². The van der Waals surface area contributed by atoms with Crippen molar-refractivity contribution >= 4 is 11.9 Å². The van der Waals surface area contributed by atoms with Gasteiger partial charge in [-0.05, 0) is 26.7 Å². The van der Waals surface area contributed by atoms with Crippen molar-refractivity contribution < 1.29 is 19.1 Å². The van der Waals surface area contributed by atoms with Crippen molar-refractivity contribution in [2.75, 3.05) is 13.2 Å². The highest BCUT2D eigenvalue weighted by Gasteiger charge is 2.46. The van der Waals surface area contributed by atoms with Gasteiger partial charge in [-0.15, -0.1) is 0 Å². The Morgan fingerprint density at radius 3 is 2.12 bits per heavy atom. The molecule has 1 rings (SSSR count). The van der Waals surface area contributed by atoms with Crippen LogP contribution in [-0.2, 0) is 19.1 Å². The Labute approximate surface area is 102 Å². The molecule has 17 heavy (non-hydrogen) atoms. The van der Waals surface area contributed by atoms with E-state index in [2.05, 4.69) is 5.32 Å². The summed E-state index contributed by atoms with van der Waals surface area (Å²) < 4.78 is 10.0. The van der Waals surface area contributed by atoms with Crippen LogP contribution >= 0.6 is 0 Å². The number of carbonyl (C=O) groups is 2. The molecule has 0 aromatic carbocycles. The van der Waals surface area contributed by atoms with Crippen LogP contribution in [0.1, 0.15) is 27.7 Å². The van der Waals surface area contributed by atoms with Gasteiger partial charge in [0, 0.05) is 6.04 Å². The van der Waals surface area contributed by atoms with Crippen molar-refractivity contribution in [3.63, 3.8) is 0 Å². The molecule has 5 nitrogen and oxygen atoms in total. The van der Waals surface area contributed by atoms with Crippen LogP contribution in [0, 0.1) is 11.8 Å². The summed E-state index contributed by atoms with van der Waals surface area (Å²) in [7, 11) is 0. The molecule has 0 bridgehead atoms. The predicted octanol–water partition coefficient (Wildman–Crippen LogP) is 0.725. The summed E-state index contributed by atoms with van der Waals surface area (Å²) in [5, 5.41) is 3.10. The number of nitrogens with one attached hydrogen (secondary N) is 1. The van der Waals surface area contributed by atoms with E-state index in [4.69, 9.17) is 9.47 Å². The van der Waals surface area contributed by atoms with Crippen molar-refractivity contribution in [1.82, 2.24) is 5.32 Å². The van der Waals surface area contributed by atoms with Crippen LogP contribution in [0.15, 0.2) is 0 Å². The van der Waals surface area contributed by atoms with Crippen LogP contribution in [-0.4, -0.2) is 37.2 Å². The van der Waals surface area contributed by atoms with Gasteiger partial charge in [0.2, 0.25) is 0 Å². The maximum absolute atomic E-state index is 11.8. The summed E-state index contributed by atoms with van der Waals surface area (Å²) in [5.41, 5.74) is 0. The van der Waals surface area contributed by atoms with E-state index in [1.165, 1.54) is 0 Å². The molecule has 4 atom stereocenters. The Morgan fingerprint density at radius 2 is 1.59 bits per heavy atom. The van der Waals surface area contributed by atoms with Crippen molar-refractivity contribution in [1.29, 1.82) is 0 Å². The zero-order chi connectivity index (χ0) is 13.0. The first-order valence-electron chi connectivity index (χ1n) is 6.12. The van der Waals surface area contributed by atoms with Crippen LogP contribution < -0.4 is 5.32 Å². The predicted molar refractivity (Wildman–Crippen MR) is 62.3 cm³/mol. The molecule has 1 N–H and O–H groups in total. The largest absolute Gasteiger partial charge is 0.466 e. The smallest absolute Gasteiger partial charge is 0.323 e. The van der Waals surface area contributed by atoms with Gasteiger partial charge < -0.3 is 14.8 Å². The van der Waals surface area contributed by atoms with E-state index in [-0.39, 0.29) is 29.8 Å². The second kappa shape index (κ2) is 6.00. The van der Waals surface area contributed by atoms with Gasteiger partial charge >= 0.3 is 11.9 Å². The van der Waals surface area contributed by atoms with E-state index >= 15 is 0 Å². The average Bonchev–Trinajstić information content (AvgIpc) is 2.55. The molecule has 0 amide bonds. The molecule has 0 aromatic rings. The molecule has 0 aromatic heterocycles. The molecule has 0 aliphatic carbocycles. The highest BCUT2D eigenvalue weighted by Crippen LogP contribution is 2.29. The minimum atomic E-state index is -0.417. The Hall–Kier alpha value is -1.10. The van der Waals surface area contributed by atoms with E-state index in [1.807, 2.05) is 13.8 Å². The molecule has 0 radical (unpaired) electrons. The fourth-order valence-electron chi connectivity index (χ4n) is 2.37. The molecule has 1 aliphatic heterocycles. The van der Waals surface area contributed by atoms with Crippen LogP contribution in [0.25, 0.3) is 0 Å². The van der Waals surface area contributed by atoms with Crippen LogP contribution in [0.4, 0.5) is 0 Å². The first kappa shape index (κ1) is 14.0. The van der Waals surface area contributed by atoms with E-state index < -0.39 is 6.04 Å². The van der Waals surface area contributed by atoms with Gasteiger partial charge in [-0.3, -0.25) is 9.59 Å². The maximum Gasteiger partial charge on any atom is 0.323 e. The van der Waals surface area contributed by atoms with E-state index in [1.54, 1.807) is 13.8 Å². The first-order chi connectivity index (χ1) is 8.02. The number of esters is 2. The SMILES string of the molecule is CCOC(=O)[C@H]1[C@H](C)[C@H](C(=O)OCC)N[C@@H]1C. The summed E-state index contributed by atoms with van der Waals surface area (Å²) in [6.45, 7) is 8.01. The lowest BCUT2D eigenvalue weighted by molar-refractivity contribution is -0.150. The lowest BCUT2D eigenvalue weighted by Crippen LogP contribution is -2.38. The highest BCUT2D eigenvalue weighted by atomic mass is 16.5. The molecule has 1 heterocycles. The Balaban J connectivity index is 2.70. The summed E-state index contributed by atoms with van der Waals surface area (Å²) in [6, 6.07) is -0.488. The zero-order valence-corrected chi connectivity index (χ0v) is 10.9.